The first kappa shape index (κ1) is 11.5. The van der Waals surface area contributed by atoms with Crippen molar-refractivity contribution in [3.8, 4) is 0 Å². The van der Waals surface area contributed by atoms with Crippen LogP contribution < -0.4 is 5.32 Å². The summed E-state index contributed by atoms with van der Waals surface area (Å²) in [6, 6.07) is 0. The lowest BCUT2D eigenvalue weighted by atomic mass is 9.92. The molecule has 0 spiro atoms. The third-order valence-electron chi connectivity index (χ3n) is 3.03. The second-order valence-electron chi connectivity index (χ2n) is 4.51. The zero-order valence-electron chi connectivity index (χ0n) is 9.75. The predicted molar refractivity (Wildman–Crippen MR) is 60.0 cm³/mol. The van der Waals surface area contributed by atoms with Crippen molar-refractivity contribution in [1.29, 1.82) is 0 Å². The Morgan fingerprint density at radius 1 is 1.62 bits per heavy atom. The van der Waals surface area contributed by atoms with Gasteiger partial charge in [0, 0.05) is 19.5 Å². The molecular weight excluding hydrogens is 207 g/mol. The van der Waals surface area contributed by atoms with E-state index in [0.29, 0.717) is 19.4 Å². The van der Waals surface area contributed by atoms with Crippen molar-refractivity contribution in [3.05, 3.63) is 12.2 Å². The predicted octanol–water partition coefficient (Wildman–Crippen LogP) is 1.32. The van der Waals surface area contributed by atoms with Crippen LogP contribution in [0.4, 0.5) is 4.39 Å². The highest BCUT2D eigenvalue weighted by atomic mass is 19.1. The molecule has 1 atom stereocenters. The summed E-state index contributed by atoms with van der Waals surface area (Å²) in [4.78, 5) is 4.16. The fraction of sp³-hybridized carbons (Fsp3) is 0.818. The zero-order chi connectivity index (χ0) is 11.4. The first-order valence-corrected chi connectivity index (χ1v) is 6.00. The van der Waals surface area contributed by atoms with Crippen LogP contribution in [0.1, 0.15) is 32.0 Å². The van der Waals surface area contributed by atoms with Gasteiger partial charge in [-0.1, -0.05) is 6.92 Å². The SMILES string of the molecule is CCCn1ncnc1CC1(F)CCCNC1. The lowest BCUT2D eigenvalue weighted by molar-refractivity contribution is 0.118. The minimum atomic E-state index is -1.14. The van der Waals surface area contributed by atoms with Crippen LogP contribution >= 0.6 is 0 Å². The number of hydrogen-bond acceptors (Lipinski definition) is 3. The van der Waals surface area contributed by atoms with Crippen molar-refractivity contribution in [2.24, 2.45) is 0 Å². The van der Waals surface area contributed by atoms with E-state index >= 15 is 0 Å². The van der Waals surface area contributed by atoms with E-state index in [1.165, 1.54) is 6.33 Å². The Kier molecular flexibility index (Phi) is 3.53. The van der Waals surface area contributed by atoms with E-state index in [1.54, 1.807) is 0 Å². The lowest BCUT2D eigenvalue weighted by Gasteiger charge is -2.29. The van der Waals surface area contributed by atoms with Gasteiger partial charge >= 0.3 is 0 Å². The van der Waals surface area contributed by atoms with E-state index in [4.69, 9.17) is 0 Å². The maximum Gasteiger partial charge on any atom is 0.138 e. The van der Waals surface area contributed by atoms with Crippen LogP contribution in [0.25, 0.3) is 0 Å². The van der Waals surface area contributed by atoms with Crippen LogP contribution in [0.15, 0.2) is 6.33 Å². The van der Waals surface area contributed by atoms with Crippen molar-refractivity contribution in [2.75, 3.05) is 13.1 Å². The highest BCUT2D eigenvalue weighted by molar-refractivity contribution is 4.97. The Morgan fingerprint density at radius 2 is 2.50 bits per heavy atom. The molecule has 0 aliphatic carbocycles. The van der Waals surface area contributed by atoms with Gasteiger partial charge in [0.2, 0.25) is 0 Å². The molecule has 0 amide bonds. The smallest absolute Gasteiger partial charge is 0.138 e. The molecule has 1 N–H and O–H groups in total. The van der Waals surface area contributed by atoms with Crippen LogP contribution in [-0.4, -0.2) is 33.5 Å². The minimum absolute atomic E-state index is 0.375. The molecule has 1 aliphatic heterocycles. The summed E-state index contributed by atoms with van der Waals surface area (Å²) in [6.45, 7) is 4.26. The average Bonchev–Trinajstić information content (AvgIpc) is 2.67. The fourth-order valence-electron chi connectivity index (χ4n) is 2.19. The van der Waals surface area contributed by atoms with Gasteiger partial charge in [0.15, 0.2) is 0 Å². The normalized spacial score (nSPS) is 25.9. The quantitative estimate of drug-likeness (QED) is 0.842. The molecule has 1 unspecified atom stereocenters. The molecule has 0 bridgehead atoms. The number of rotatable bonds is 4. The van der Waals surface area contributed by atoms with Crippen molar-refractivity contribution in [3.63, 3.8) is 0 Å². The molecular formula is C11H19FN4. The van der Waals surface area contributed by atoms with E-state index in [1.807, 2.05) is 4.68 Å². The number of aromatic nitrogens is 3. The van der Waals surface area contributed by atoms with Crippen molar-refractivity contribution in [2.45, 2.75) is 44.8 Å². The summed E-state index contributed by atoms with van der Waals surface area (Å²) in [7, 11) is 0. The molecule has 1 aromatic heterocycles. The van der Waals surface area contributed by atoms with Crippen LogP contribution in [0.5, 0.6) is 0 Å². The largest absolute Gasteiger partial charge is 0.314 e. The van der Waals surface area contributed by atoms with Gasteiger partial charge in [-0.2, -0.15) is 5.10 Å². The zero-order valence-corrected chi connectivity index (χ0v) is 9.75. The van der Waals surface area contributed by atoms with Gasteiger partial charge in [-0.05, 0) is 25.8 Å². The van der Waals surface area contributed by atoms with Crippen LogP contribution in [-0.2, 0) is 13.0 Å². The molecule has 1 saturated heterocycles. The second-order valence-corrected chi connectivity index (χ2v) is 4.51. The third kappa shape index (κ3) is 2.58. The molecule has 2 heterocycles. The molecule has 90 valence electrons. The third-order valence-corrected chi connectivity index (χ3v) is 3.03. The van der Waals surface area contributed by atoms with Gasteiger partial charge in [-0.25, -0.2) is 14.1 Å². The molecule has 0 saturated carbocycles. The standard InChI is InChI=1S/C11H19FN4/c1-2-6-16-10(14-9-15-16)7-11(12)4-3-5-13-8-11/h9,13H,2-8H2,1H3. The maximum absolute atomic E-state index is 14.4. The van der Waals surface area contributed by atoms with Gasteiger partial charge in [0.05, 0.1) is 0 Å². The van der Waals surface area contributed by atoms with Gasteiger partial charge < -0.3 is 5.32 Å². The Hall–Kier alpha value is -0.970. The van der Waals surface area contributed by atoms with Gasteiger partial charge in [0.1, 0.15) is 17.8 Å². The number of halogens is 1. The summed E-state index contributed by atoms with van der Waals surface area (Å²) >= 11 is 0. The highest BCUT2D eigenvalue weighted by Gasteiger charge is 2.33. The van der Waals surface area contributed by atoms with Crippen molar-refractivity contribution in [1.82, 2.24) is 20.1 Å². The van der Waals surface area contributed by atoms with Crippen LogP contribution in [0.3, 0.4) is 0 Å². The number of nitrogens with one attached hydrogen (secondary N) is 1. The molecule has 1 aromatic rings. The summed E-state index contributed by atoms with van der Waals surface area (Å²) in [5.41, 5.74) is -1.14. The average molecular weight is 226 g/mol. The van der Waals surface area contributed by atoms with Crippen LogP contribution in [0.2, 0.25) is 0 Å². The summed E-state index contributed by atoms with van der Waals surface area (Å²) in [6.07, 6.45) is 4.41. The molecule has 16 heavy (non-hydrogen) atoms. The number of piperidine rings is 1. The van der Waals surface area contributed by atoms with Crippen molar-refractivity contribution >= 4 is 0 Å². The van der Waals surface area contributed by atoms with E-state index < -0.39 is 5.67 Å². The molecule has 4 nitrogen and oxygen atoms in total. The Morgan fingerprint density at radius 3 is 3.19 bits per heavy atom. The minimum Gasteiger partial charge on any atom is -0.314 e. The lowest BCUT2D eigenvalue weighted by Crippen LogP contribution is -2.44. The number of hydrogen-bond donors (Lipinski definition) is 1. The maximum atomic E-state index is 14.4. The molecule has 0 aromatic carbocycles. The number of nitrogens with zero attached hydrogens (tertiary/aromatic N) is 3. The van der Waals surface area contributed by atoms with E-state index in [-0.39, 0.29) is 0 Å². The topological polar surface area (TPSA) is 42.7 Å². The van der Waals surface area contributed by atoms with E-state index in [9.17, 15) is 4.39 Å². The monoisotopic (exact) mass is 226 g/mol. The molecule has 1 aliphatic rings. The first-order chi connectivity index (χ1) is 7.73. The fourth-order valence-corrected chi connectivity index (χ4v) is 2.19. The first-order valence-electron chi connectivity index (χ1n) is 6.00. The van der Waals surface area contributed by atoms with E-state index in [2.05, 4.69) is 22.3 Å². The number of alkyl halides is 1. The Bertz CT molecular complexity index is 330. The van der Waals surface area contributed by atoms with E-state index in [0.717, 1.165) is 31.8 Å². The molecule has 1 fully saturated rings. The summed E-state index contributed by atoms with van der Waals surface area (Å²) in [5.74, 6) is 0.771. The Labute approximate surface area is 95.3 Å². The van der Waals surface area contributed by atoms with Crippen molar-refractivity contribution < 1.29 is 4.39 Å². The van der Waals surface area contributed by atoms with Gasteiger partial charge in [-0.3, -0.25) is 0 Å². The van der Waals surface area contributed by atoms with Gasteiger partial charge in [-0.15, -0.1) is 0 Å². The van der Waals surface area contributed by atoms with Crippen LogP contribution in [0, 0.1) is 0 Å². The summed E-state index contributed by atoms with van der Waals surface area (Å²) in [5, 5.41) is 7.23. The molecule has 2 rings (SSSR count). The Balaban J connectivity index is 2.04. The molecule has 0 radical (unpaired) electrons. The molecule has 5 heteroatoms. The highest BCUT2D eigenvalue weighted by Crippen LogP contribution is 2.24. The van der Waals surface area contributed by atoms with Gasteiger partial charge in [0.25, 0.3) is 0 Å². The number of aryl methyl sites for hydroxylation is 1. The second kappa shape index (κ2) is 4.91. The summed E-state index contributed by atoms with van der Waals surface area (Å²) < 4.78 is 16.2.